The number of hydrogen-bond acceptors (Lipinski definition) is 4. The summed E-state index contributed by atoms with van der Waals surface area (Å²) in [5.41, 5.74) is 6.33. The molecule has 0 spiro atoms. The lowest BCUT2D eigenvalue weighted by molar-refractivity contribution is 0.177. The summed E-state index contributed by atoms with van der Waals surface area (Å²) < 4.78 is 0. The molecule has 90 valence electrons. The van der Waals surface area contributed by atoms with Crippen molar-refractivity contribution in [2.24, 2.45) is 5.73 Å². The van der Waals surface area contributed by atoms with Gasteiger partial charge in [0.05, 0.1) is 6.10 Å². The largest absolute Gasteiger partial charge is 0.390 e. The van der Waals surface area contributed by atoms with E-state index < -0.39 is 6.10 Å². The normalized spacial score (nSPS) is 13.8. The third-order valence-corrected chi connectivity index (χ3v) is 2.58. The van der Waals surface area contributed by atoms with Gasteiger partial charge in [0.15, 0.2) is 0 Å². The van der Waals surface area contributed by atoms with E-state index in [-0.39, 0.29) is 12.0 Å². The molecule has 0 saturated carbocycles. The molecule has 0 aliphatic carbocycles. The van der Waals surface area contributed by atoms with Crippen molar-refractivity contribution in [2.75, 3.05) is 19.6 Å². The van der Waals surface area contributed by atoms with Crippen LogP contribution in [0.5, 0.6) is 0 Å². The number of aliphatic hydroxyl groups is 1. The van der Waals surface area contributed by atoms with Gasteiger partial charge >= 0.3 is 0 Å². The van der Waals surface area contributed by atoms with E-state index in [0.717, 1.165) is 12.2 Å². The van der Waals surface area contributed by atoms with Gasteiger partial charge in [-0.3, -0.25) is 4.98 Å². The van der Waals surface area contributed by atoms with E-state index >= 15 is 0 Å². The van der Waals surface area contributed by atoms with Crippen LogP contribution in [0.25, 0.3) is 0 Å². The zero-order valence-corrected chi connectivity index (χ0v) is 9.98. The van der Waals surface area contributed by atoms with E-state index in [1.54, 1.807) is 6.20 Å². The van der Waals surface area contributed by atoms with Crippen LogP contribution in [0.2, 0.25) is 0 Å². The number of rotatable bonds is 6. The minimum atomic E-state index is -0.473. The van der Waals surface area contributed by atoms with Crippen LogP contribution in [0.1, 0.15) is 19.5 Å². The van der Waals surface area contributed by atoms with Gasteiger partial charge in [0.2, 0.25) is 0 Å². The van der Waals surface area contributed by atoms with Crippen molar-refractivity contribution >= 4 is 0 Å². The summed E-state index contributed by atoms with van der Waals surface area (Å²) >= 11 is 0. The Hall–Kier alpha value is -0.970. The summed E-state index contributed by atoms with van der Waals surface area (Å²) in [4.78, 5) is 4.34. The fraction of sp³-hybridized carbons (Fsp3) is 0.583. The first kappa shape index (κ1) is 13.1. The maximum Gasteiger partial charge on any atom is 0.0786 e. The van der Waals surface area contributed by atoms with Crippen LogP contribution in [-0.4, -0.2) is 35.8 Å². The highest BCUT2D eigenvalue weighted by molar-refractivity contribution is 5.14. The van der Waals surface area contributed by atoms with E-state index in [9.17, 15) is 5.11 Å². The lowest BCUT2D eigenvalue weighted by atomic mass is 9.88. The van der Waals surface area contributed by atoms with E-state index in [1.165, 1.54) is 0 Å². The summed E-state index contributed by atoms with van der Waals surface area (Å²) in [5, 5.41) is 12.5. The smallest absolute Gasteiger partial charge is 0.0786 e. The fourth-order valence-electron chi connectivity index (χ4n) is 1.49. The van der Waals surface area contributed by atoms with Crippen molar-refractivity contribution in [3.63, 3.8) is 0 Å². The molecular formula is C12H21N3O. The molecule has 1 rings (SSSR count). The zero-order chi connectivity index (χ0) is 12.0. The number of aromatic nitrogens is 1. The third kappa shape index (κ3) is 3.89. The number of pyridine rings is 1. The first-order valence-corrected chi connectivity index (χ1v) is 5.56. The Bertz CT molecular complexity index is 300. The Labute approximate surface area is 96.9 Å². The fourth-order valence-corrected chi connectivity index (χ4v) is 1.49. The van der Waals surface area contributed by atoms with E-state index in [4.69, 9.17) is 5.73 Å². The quantitative estimate of drug-likeness (QED) is 0.647. The van der Waals surface area contributed by atoms with Crippen LogP contribution in [0.4, 0.5) is 0 Å². The molecule has 0 amide bonds. The lowest BCUT2D eigenvalue weighted by Gasteiger charge is -2.25. The average Bonchev–Trinajstić information content (AvgIpc) is 2.30. The highest BCUT2D eigenvalue weighted by Crippen LogP contribution is 2.19. The molecule has 0 fully saturated rings. The first-order valence-electron chi connectivity index (χ1n) is 5.56. The Morgan fingerprint density at radius 3 is 2.81 bits per heavy atom. The first-order chi connectivity index (χ1) is 7.56. The molecule has 4 N–H and O–H groups in total. The summed E-state index contributed by atoms with van der Waals surface area (Å²) in [6, 6.07) is 5.91. The van der Waals surface area contributed by atoms with Gasteiger partial charge in [-0.05, 0) is 12.1 Å². The Kier molecular flexibility index (Phi) is 4.86. The SMILES string of the molecule is CC(C)(CNCC(O)CN)c1ccccn1. The monoisotopic (exact) mass is 223 g/mol. The van der Waals surface area contributed by atoms with Crippen LogP contribution in [0.3, 0.4) is 0 Å². The molecular weight excluding hydrogens is 202 g/mol. The third-order valence-electron chi connectivity index (χ3n) is 2.58. The molecule has 0 aliphatic rings. The number of nitrogens with one attached hydrogen (secondary N) is 1. The van der Waals surface area contributed by atoms with Crippen LogP contribution < -0.4 is 11.1 Å². The van der Waals surface area contributed by atoms with Crippen LogP contribution in [0.15, 0.2) is 24.4 Å². The predicted molar refractivity (Wildman–Crippen MR) is 65.2 cm³/mol. The summed E-state index contributed by atoms with van der Waals surface area (Å²) in [6.45, 7) is 5.82. The van der Waals surface area contributed by atoms with Crippen LogP contribution in [0, 0.1) is 0 Å². The number of nitrogens with two attached hydrogens (primary N) is 1. The molecule has 1 unspecified atom stereocenters. The predicted octanol–water partition coefficient (Wildman–Crippen LogP) is 0.268. The summed E-state index contributed by atoms with van der Waals surface area (Å²) in [6.07, 6.45) is 1.32. The van der Waals surface area contributed by atoms with E-state index in [2.05, 4.69) is 24.1 Å². The highest BCUT2D eigenvalue weighted by Gasteiger charge is 2.21. The van der Waals surface area contributed by atoms with Gasteiger partial charge in [-0.15, -0.1) is 0 Å². The molecule has 4 nitrogen and oxygen atoms in total. The second-order valence-electron chi connectivity index (χ2n) is 4.62. The molecule has 0 aromatic carbocycles. The van der Waals surface area contributed by atoms with Gasteiger partial charge in [-0.25, -0.2) is 0 Å². The Balaban J connectivity index is 2.46. The Morgan fingerprint density at radius 2 is 2.25 bits per heavy atom. The van der Waals surface area contributed by atoms with Crippen molar-refractivity contribution in [3.05, 3.63) is 30.1 Å². The number of aliphatic hydroxyl groups excluding tert-OH is 1. The summed E-state index contributed by atoms with van der Waals surface area (Å²) in [7, 11) is 0. The van der Waals surface area contributed by atoms with Gasteiger partial charge in [0, 0.05) is 36.9 Å². The maximum atomic E-state index is 9.32. The summed E-state index contributed by atoms with van der Waals surface area (Å²) in [5.74, 6) is 0. The number of hydrogen-bond donors (Lipinski definition) is 3. The Morgan fingerprint density at radius 1 is 1.50 bits per heavy atom. The van der Waals surface area contributed by atoms with Gasteiger partial charge in [-0.1, -0.05) is 19.9 Å². The van der Waals surface area contributed by atoms with Crippen LogP contribution >= 0.6 is 0 Å². The highest BCUT2D eigenvalue weighted by atomic mass is 16.3. The lowest BCUT2D eigenvalue weighted by Crippen LogP contribution is -2.39. The average molecular weight is 223 g/mol. The minimum absolute atomic E-state index is 0.0461. The maximum absolute atomic E-state index is 9.32. The van der Waals surface area contributed by atoms with Gasteiger partial charge in [0.25, 0.3) is 0 Å². The molecule has 1 heterocycles. The van der Waals surface area contributed by atoms with Crippen LogP contribution in [-0.2, 0) is 5.41 Å². The molecule has 0 radical (unpaired) electrons. The number of nitrogens with zero attached hydrogens (tertiary/aromatic N) is 1. The van der Waals surface area contributed by atoms with E-state index in [0.29, 0.717) is 6.54 Å². The van der Waals surface area contributed by atoms with Gasteiger partial charge in [0.1, 0.15) is 0 Å². The standard InChI is InChI=1S/C12H21N3O/c1-12(2,9-14-8-10(16)7-13)11-5-3-4-6-15-11/h3-6,10,14,16H,7-9,13H2,1-2H3. The van der Waals surface area contributed by atoms with Crippen molar-refractivity contribution in [1.29, 1.82) is 0 Å². The molecule has 1 aromatic rings. The minimum Gasteiger partial charge on any atom is -0.390 e. The molecule has 16 heavy (non-hydrogen) atoms. The molecule has 1 aromatic heterocycles. The second-order valence-corrected chi connectivity index (χ2v) is 4.62. The van der Waals surface area contributed by atoms with Gasteiger partial charge < -0.3 is 16.2 Å². The van der Waals surface area contributed by atoms with Gasteiger partial charge in [-0.2, -0.15) is 0 Å². The molecule has 0 aliphatic heterocycles. The topological polar surface area (TPSA) is 71.2 Å². The van der Waals surface area contributed by atoms with Crippen molar-refractivity contribution in [1.82, 2.24) is 10.3 Å². The second kappa shape index (κ2) is 5.94. The molecule has 1 atom stereocenters. The van der Waals surface area contributed by atoms with Crippen molar-refractivity contribution in [2.45, 2.75) is 25.4 Å². The van der Waals surface area contributed by atoms with Crippen molar-refractivity contribution in [3.8, 4) is 0 Å². The zero-order valence-electron chi connectivity index (χ0n) is 9.98. The van der Waals surface area contributed by atoms with Crippen molar-refractivity contribution < 1.29 is 5.11 Å². The molecule has 4 heteroatoms. The molecule has 0 bridgehead atoms. The molecule has 0 saturated heterocycles. The van der Waals surface area contributed by atoms with E-state index in [1.807, 2.05) is 18.2 Å².